The minimum atomic E-state index is -0.414. The molecule has 0 aliphatic rings. The monoisotopic (exact) mass is 449 g/mol. The van der Waals surface area contributed by atoms with Gasteiger partial charge in [-0.15, -0.1) is 0 Å². The number of benzene rings is 2. The van der Waals surface area contributed by atoms with Gasteiger partial charge in [0.05, 0.1) is 29.2 Å². The second kappa shape index (κ2) is 8.88. The molecule has 8 heteroatoms. The first kappa shape index (κ1) is 21.6. The topological polar surface area (TPSA) is 74.0 Å². The molecule has 1 N–H and O–H groups in total. The molecule has 0 saturated carbocycles. The molecule has 1 unspecified atom stereocenters. The normalized spacial score (nSPS) is 11.9. The second-order valence-electron chi connectivity index (χ2n) is 7.52. The van der Waals surface area contributed by atoms with Gasteiger partial charge in [0.25, 0.3) is 5.91 Å². The highest BCUT2D eigenvalue weighted by Gasteiger charge is 2.22. The standard InChI is InChI=1S/C24H24ClN5O2/c1-15-21(25)16(2)30(28-15)19-9-5-18(6-10-19)24(31)27-22(23-26-13-14-29(23)3)17-7-11-20(32-4)12-8-17/h5-14,22H,1-4H3,(H,27,31). The van der Waals surface area contributed by atoms with Gasteiger partial charge in [0.2, 0.25) is 0 Å². The fourth-order valence-electron chi connectivity index (χ4n) is 3.59. The molecule has 1 amide bonds. The summed E-state index contributed by atoms with van der Waals surface area (Å²) in [6, 6.07) is 14.4. The number of methoxy groups -OCH3 is 1. The van der Waals surface area contributed by atoms with E-state index in [1.54, 1.807) is 30.1 Å². The molecule has 0 spiro atoms. The number of ether oxygens (including phenoxy) is 1. The number of aromatic nitrogens is 4. The smallest absolute Gasteiger partial charge is 0.252 e. The molecule has 0 radical (unpaired) electrons. The number of hydrogen-bond acceptors (Lipinski definition) is 4. The number of nitrogens with zero attached hydrogens (tertiary/aromatic N) is 4. The van der Waals surface area contributed by atoms with Gasteiger partial charge in [0.15, 0.2) is 0 Å². The van der Waals surface area contributed by atoms with Crippen LogP contribution in [0.3, 0.4) is 0 Å². The van der Waals surface area contributed by atoms with Crippen LogP contribution in [0.15, 0.2) is 60.9 Å². The molecule has 2 aromatic heterocycles. The van der Waals surface area contributed by atoms with Gasteiger partial charge in [-0.1, -0.05) is 23.7 Å². The van der Waals surface area contributed by atoms with Crippen LogP contribution in [0.25, 0.3) is 5.69 Å². The number of carbonyl (C=O) groups is 1. The molecule has 164 valence electrons. The van der Waals surface area contributed by atoms with Crippen LogP contribution in [0.2, 0.25) is 5.02 Å². The Morgan fingerprint density at radius 1 is 1.09 bits per heavy atom. The Labute approximate surface area is 191 Å². The summed E-state index contributed by atoms with van der Waals surface area (Å²) in [5, 5.41) is 8.21. The number of carbonyl (C=O) groups excluding carboxylic acids is 1. The van der Waals surface area contributed by atoms with E-state index in [0.29, 0.717) is 10.6 Å². The summed E-state index contributed by atoms with van der Waals surface area (Å²) in [6.07, 6.45) is 3.57. The van der Waals surface area contributed by atoms with Gasteiger partial charge < -0.3 is 14.6 Å². The van der Waals surface area contributed by atoms with Crippen molar-refractivity contribution in [3.05, 3.63) is 94.3 Å². The molecular weight excluding hydrogens is 426 g/mol. The number of amides is 1. The summed E-state index contributed by atoms with van der Waals surface area (Å²) in [5.41, 5.74) is 3.90. The summed E-state index contributed by atoms with van der Waals surface area (Å²) in [7, 11) is 3.52. The van der Waals surface area contributed by atoms with Crippen molar-refractivity contribution in [2.75, 3.05) is 7.11 Å². The summed E-state index contributed by atoms with van der Waals surface area (Å²) in [5.74, 6) is 1.28. The van der Waals surface area contributed by atoms with Gasteiger partial charge in [-0.3, -0.25) is 4.79 Å². The van der Waals surface area contributed by atoms with Crippen molar-refractivity contribution >= 4 is 17.5 Å². The summed E-state index contributed by atoms with van der Waals surface area (Å²) in [4.78, 5) is 17.6. The van der Waals surface area contributed by atoms with Crippen molar-refractivity contribution < 1.29 is 9.53 Å². The molecule has 0 bridgehead atoms. The first-order valence-corrected chi connectivity index (χ1v) is 10.5. The predicted octanol–water partition coefficient (Wildman–Crippen LogP) is 4.40. The Kier molecular flexibility index (Phi) is 6.01. The SMILES string of the molecule is COc1ccc(C(NC(=O)c2ccc(-n3nc(C)c(Cl)c3C)cc2)c2nccn2C)cc1. The third-order valence-electron chi connectivity index (χ3n) is 5.42. The van der Waals surface area contributed by atoms with Gasteiger partial charge in [-0.25, -0.2) is 9.67 Å². The van der Waals surface area contributed by atoms with E-state index in [9.17, 15) is 4.79 Å². The molecule has 0 saturated heterocycles. The Bertz CT molecular complexity index is 1240. The molecule has 4 rings (SSSR count). The van der Waals surface area contributed by atoms with Crippen molar-refractivity contribution in [2.24, 2.45) is 7.05 Å². The van der Waals surface area contributed by atoms with Crippen LogP contribution in [0.4, 0.5) is 0 Å². The van der Waals surface area contributed by atoms with E-state index in [-0.39, 0.29) is 5.91 Å². The van der Waals surface area contributed by atoms with Crippen LogP contribution in [0.5, 0.6) is 5.75 Å². The van der Waals surface area contributed by atoms with E-state index in [1.165, 1.54) is 0 Å². The fraction of sp³-hybridized carbons (Fsp3) is 0.208. The quantitative estimate of drug-likeness (QED) is 0.473. The Morgan fingerprint density at radius 3 is 2.31 bits per heavy atom. The maximum atomic E-state index is 13.1. The molecule has 0 aliphatic heterocycles. The average molecular weight is 450 g/mol. The van der Waals surface area contributed by atoms with Crippen LogP contribution >= 0.6 is 11.6 Å². The second-order valence-corrected chi connectivity index (χ2v) is 7.90. The molecule has 32 heavy (non-hydrogen) atoms. The largest absolute Gasteiger partial charge is 0.497 e. The lowest BCUT2D eigenvalue weighted by molar-refractivity contribution is 0.0941. The maximum Gasteiger partial charge on any atom is 0.252 e. The van der Waals surface area contributed by atoms with Crippen molar-refractivity contribution in [3.8, 4) is 11.4 Å². The molecule has 0 aliphatic carbocycles. The number of nitrogens with one attached hydrogen (secondary N) is 1. The molecule has 2 heterocycles. The van der Waals surface area contributed by atoms with Gasteiger partial charge in [-0.2, -0.15) is 5.10 Å². The third kappa shape index (κ3) is 4.11. The highest BCUT2D eigenvalue weighted by atomic mass is 35.5. The van der Waals surface area contributed by atoms with E-state index in [0.717, 1.165) is 34.2 Å². The number of hydrogen-bond donors (Lipinski definition) is 1. The van der Waals surface area contributed by atoms with Crippen molar-refractivity contribution in [2.45, 2.75) is 19.9 Å². The first-order chi connectivity index (χ1) is 15.4. The third-order valence-corrected chi connectivity index (χ3v) is 5.97. The van der Waals surface area contributed by atoms with Crippen molar-refractivity contribution in [1.29, 1.82) is 0 Å². The van der Waals surface area contributed by atoms with Crippen LogP contribution in [-0.4, -0.2) is 32.3 Å². The number of aryl methyl sites for hydroxylation is 2. The molecule has 4 aromatic rings. The Morgan fingerprint density at radius 2 is 1.78 bits per heavy atom. The molecule has 0 fully saturated rings. The van der Waals surface area contributed by atoms with Crippen molar-refractivity contribution in [3.63, 3.8) is 0 Å². The van der Waals surface area contributed by atoms with Gasteiger partial charge in [0, 0.05) is 25.0 Å². The summed E-state index contributed by atoms with van der Waals surface area (Å²) >= 11 is 6.26. The zero-order valence-electron chi connectivity index (χ0n) is 18.3. The van der Waals surface area contributed by atoms with Crippen LogP contribution in [0.1, 0.15) is 39.2 Å². The predicted molar refractivity (Wildman–Crippen MR) is 124 cm³/mol. The summed E-state index contributed by atoms with van der Waals surface area (Å²) in [6.45, 7) is 3.78. The van der Waals surface area contributed by atoms with E-state index >= 15 is 0 Å². The first-order valence-electron chi connectivity index (χ1n) is 10.1. The van der Waals surface area contributed by atoms with Crippen molar-refractivity contribution in [1.82, 2.24) is 24.6 Å². The minimum Gasteiger partial charge on any atom is -0.497 e. The lowest BCUT2D eigenvalue weighted by Crippen LogP contribution is -2.31. The highest BCUT2D eigenvalue weighted by molar-refractivity contribution is 6.31. The highest BCUT2D eigenvalue weighted by Crippen LogP contribution is 2.25. The maximum absolute atomic E-state index is 13.1. The molecule has 2 aromatic carbocycles. The van der Waals surface area contributed by atoms with Crippen LogP contribution < -0.4 is 10.1 Å². The number of imidazole rings is 1. The number of rotatable bonds is 6. The van der Waals surface area contributed by atoms with Crippen LogP contribution in [0, 0.1) is 13.8 Å². The lowest BCUT2D eigenvalue weighted by Gasteiger charge is -2.19. The van der Waals surface area contributed by atoms with Gasteiger partial charge in [-0.05, 0) is 55.8 Å². The fourth-order valence-corrected chi connectivity index (χ4v) is 3.71. The van der Waals surface area contributed by atoms with Gasteiger partial charge >= 0.3 is 0 Å². The molecule has 7 nitrogen and oxygen atoms in total. The minimum absolute atomic E-state index is 0.202. The van der Waals surface area contributed by atoms with E-state index in [1.807, 2.05) is 68.1 Å². The lowest BCUT2D eigenvalue weighted by atomic mass is 10.0. The number of halogens is 1. The van der Waals surface area contributed by atoms with Gasteiger partial charge in [0.1, 0.15) is 17.6 Å². The van der Waals surface area contributed by atoms with E-state index in [2.05, 4.69) is 15.4 Å². The zero-order valence-corrected chi connectivity index (χ0v) is 19.1. The van der Waals surface area contributed by atoms with E-state index in [4.69, 9.17) is 16.3 Å². The van der Waals surface area contributed by atoms with E-state index < -0.39 is 6.04 Å². The Hall–Kier alpha value is -3.58. The van der Waals surface area contributed by atoms with Crippen LogP contribution in [-0.2, 0) is 7.05 Å². The average Bonchev–Trinajstić information content (AvgIpc) is 3.35. The molecular formula is C24H24ClN5O2. The Balaban J connectivity index is 1.60. The molecule has 1 atom stereocenters. The summed E-state index contributed by atoms with van der Waals surface area (Å²) < 4.78 is 8.92. The zero-order chi connectivity index (χ0) is 22.8.